The monoisotopic (exact) mass is 316 g/mol. The van der Waals surface area contributed by atoms with E-state index in [-0.39, 0.29) is 18.4 Å². The van der Waals surface area contributed by atoms with Gasteiger partial charge in [-0.05, 0) is 37.1 Å². The fraction of sp³-hybridized carbons (Fsp3) is 0.462. The molecule has 1 aromatic rings. The second-order valence-electron chi connectivity index (χ2n) is 4.96. The van der Waals surface area contributed by atoms with Gasteiger partial charge in [-0.1, -0.05) is 11.6 Å². The summed E-state index contributed by atoms with van der Waals surface area (Å²) in [6.07, 6.45) is 2.57. The van der Waals surface area contributed by atoms with Crippen LogP contribution in [-0.4, -0.2) is 38.0 Å². The van der Waals surface area contributed by atoms with Gasteiger partial charge in [0, 0.05) is 23.8 Å². The molecule has 1 fully saturated rings. The molecule has 0 aliphatic carbocycles. The first-order valence-corrected chi connectivity index (χ1v) is 8.60. The van der Waals surface area contributed by atoms with Crippen molar-refractivity contribution in [3.8, 4) is 0 Å². The van der Waals surface area contributed by atoms with E-state index in [2.05, 4.69) is 5.32 Å². The van der Waals surface area contributed by atoms with Gasteiger partial charge in [-0.15, -0.1) is 0 Å². The Hall–Kier alpha value is -1.11. The Balaban J connectivity index is 2.00. The van der Waals surface area contributed by atoms with Crippen LogP contribution in [0.2, 0.25) is 5.02 Å². The third kappa shape index (κ3) is 3.94. The maximum absolute atomic E-state index is 12.2. The number of carbonyl (C=O) groups is 1. The second kappa shape index (κ2) is 6.11. The van der Waals surface area contributed by atoms with Gasteiger partial charge in [0.2, 0.25) is 15.9 Å². The Morgan fingerprint density at radius 2 is 2.00 bits per heavy atom. The number of amides is 1. The van der Waals surface area contributed by atoms with Crippen LogP contribution in [0.1, 0.15) is 12.8 Å². The fourth-order valence-electron chi connectivity index (χ4n) is 2.24. The second-order valence-corrected chi connectivity index (χ2v) is 7.38. The van der Waals surface area contributed by atoms with Crippen LogP contribution in [0.15, 0.2) is 24.3 Å². The molecule has 5 nitrogen and oxygen atoms in total. The summed E-state index contributed by atoms with van der Waals surface area (Å²) < 4.78 is 24.4. The van der Waals surface area contributed by atoms with E-state index in [1.807, 2.05) is 0 Å². The number of sulfonamides is 1. The number of benzene rings is 1. The maximum atomic E-state index is 12.2. The molecule has 0 spiro atoms. The number of anilines is 1. The topological polar surface area (TPSA) is 66.5 Å². The van der Waals surface area contributed by atoms with E-state index in [1.165, 1.54) is 10.6 Å². The van der Waals surface area contributed by atoms with Gasteiger partial charge in [-0.2, -0.15) is 0 Å². The Kier molecular flexibility index (Phi) is 4.67. The molecule has 0 saturated carbocycles. The van der Waals surface area contributed by atoms with Gasteiger partial charge in [0.1, 0.15) is 0 Å². The maximum Gasteiger partial charge on any atom is 0.228 e. The van der Waals surface area contributed by atoms with Crippen molar-refractivity contribution in [1.29, 1.82) is 0 Å². The molecule has 1 heterocycles. The van der Waals surface area contributed by atoms with E-state index in [4.69, 9.17) is 11.6 Å². The van der Waals surface area contributed by atoms with Gasteiger partial charge in [-0.3, -0.25) is 4.79 Å². The molecule has 1 N–H and O–H groups in total. The van der Waals surface area contributed by atoms with Crippen LogP contribution in [-0.2, 0) is 14.8 Å². The van der Waals surface area contributed by atoms with Crippen LogP contribution >= 0.6 is 11.6 Å². The zero-order valence-electron chi connectivity index (χ0n) is 11.2. The summed E-state index contributed by atoms with van der Waals surface area (Å²) in [6.45, 7) is 0.738. The summed E-state index contributed by atoms with van der Waals surface area (Å²) in [7, 11) is -3.23. The first-order valence-electron chi connectivity index (χ1n) is 6.38. The molecule has 110 valence electrons. The van der Waals surface area contributed by atoms with E-state index in [0.717, 1.165) is 0 Å². The highest BCUT2D eigenvalue weighted by atomic mass is 35.5. The van der Waals surface area contributed by atoms with E-state index >= 15 is 0 Å². The molecular formula is C13H17ClN2O3S. The minimum absolute atomic E-state index is 0.152. The number of rotatable bonds is 3. The number of piperidine rings is 1. The molecule has 0 aromatic heterocycles. The van der Waals surface area contributed by atoms with Crippen molar-refractivity contribution in [2.45, 2.75) is 12.8 Å². The minimum atomic E-state index is -3.23. The molecule has 1 saturated heterocycles. The number of nitrogens with one attached hydrogen (secondary N) is 1. The van der Waals surface area contributed by atoms with Crippen LogP contribution in [0.3, 0.4) is 0 Å². The summed E-state index contributed by atoms with van der Waals surface area (Å²) in [4.78, 5) is 12.2. The van der Waals surface area contributed by atoms with Crippen LogP contribution < -0.4 is 5.32 Å². The lowest BCUT2D eigenvalue weighted by Gasteiger charge is -2.30. The van der Waals surface area contributed by atoms with Gasteiger partial charge >= 0.3 is 0 Å². The van der Waals surface area contributed by atoms with Crippen molar-refractivity contribution in [3.63, 3.8) is 0 Å². The molecule has 0 bridgehead atoms. The van der Waals surface area contributed by atoms with Crippen molar-refractivity contribution in [3.05, 3.63) is 29.3 Å². The molecule has 7 heteroatoms. The highest BCUT2D eigenvalue weighted by Gasteiger charge is 2.30. The van der Waals surface area contributed by atoms with E-state index in [0.29, 0.717) is 30.1 Å². The molecule has 20 heavy (non-hydrogen) atoms. The average molecular weight is 317 g/mol. The number of halogens is 1. The zero-order chi connectivity index (χ0) is 14.8. The first kappa shape index (κ1) is 15.3. The molecule has 1 atom stereocenters. The van der Waals surface area contributed by atoms with Crippen LogP contribution in [0.4, 0.5) is 5.69 Å². The van der Waals surface area contributed by atoms with Crippen molar-refractivity contribution >= 4 is 33.2 Å². The molecule has 1 unspecified atom stereocenters. The molecule has 1 aromatic carbocycles. The normalized spacial score (nSPS) is 20.6. The van der Waals surface area contributed by atoms with E-state index in [9.17, 15) is 13.2 Å². The van der Waals surface area contributed by atoms with Crippen molar-refractivity contribution < 1.29 is 13.2 Å². The molecule has 1 amide bonds. The molecule has 1 aliphatic rings. The third-order valence-electron chi connectivity index (χ3n) is 3.34. The predicted octanol–water partition coefficient (Wildman–Crippen LogP) is 1.95. The summed E-state index contributed by atoms with van der Waals surface area (Å²) in [5, 5.41) is 3.39. The summed E-state index contributed by atoms with van der Waals surface area (Å²) >= 11 is 5.78. The number of carbonyl (C=O) groups excluding carboxylic acids is 1. The van der Waals surface area contributed by atoms with E-state index in [1.54, 1.807) is 24.3 Å². The first-order chi connectivity index (χ1) is 9.36. The largest absolute Gasteiger partial charge is 0.326 e. The SMILES string of the molecule is CS(=O)(=O)N1CCCC(C(=O)Nc2ccc(Cl)cc2)C1. The van der Waals surface area contributed by atoms with Crippen LogP contribution in [0.25, 0.3) is 0 Å². The molecule has 1 aliphatic heterocycles. The number of hydrogen-bond acceptors (Lipinski definition) is 3. The smallest absolute Gasteiger partial charge is 0.228 e. The Labute approximate surface area is 124 Å². The highest BCUT2D eigenvalue weighted by Crippen LogP contribution is 2.21. The minimum Gasteiger partial charge on any atom is -0.326 e. The molecule has 0 radical (unpaired) electrons. The summed E-state index contributed by atoms with van der Waals surface area (Å²) in [5.74, 6) is -0.463. The number of nitrogens with zero attached hydrogens (tertiary/aromatic N) is 1. The van der Waals surface area contributed by atoms with Gasteiger partial charge < -0.3 is 5.32 Å². The predicted molar refractivity (Wildman–Crippen MR) is 79.2 cm³/mol. The van der Waals surface area contributed by atoms with Crippen molar-refractivity contribution in [2.75, 3.05) is 24.7 Å². The lowest BCUT2D eigenvalue weighted by molar-refractivity contribution is -0.120. The van der Waals surface area contributed by atoms with Crippen molar-refractivity contribution in [1.82, 2.24) is 4.31 Å². The van der Waals surface area contributed by atoms with Gasteiger partial charge in [-0.25, -0.2) is 12.7 Å². The third-order valence-corrected chi connectivity index (χ3v) is 4.86. The quantitative estimate of drug-likeness (QED) is 0.927. The van der Waals surface area contributed by atoms with Gasteiger partial charge in [0.25, 0.3) is 0 Å². The Bertz CT molecular complexity index is 586. The van der Waals surface area contributed by atoms with Gasteiger partial charge in [0.15, 0.2) is 0 Å². The lowest BCUT2D eigenvalue weighted by Crippen LogP contribution is -2.43. The van der Waals surface area contributed by atoms with Crippen molar-refractivity contribution in [2.24, 2.45) is 5.92 Å². The highest BCUT2D eigenvalue weighted by molar-refractivity contribution is 7.88. The standard InChI is InChI=1S/C13H17ClN2O3S/c1-20(18,19)16-8-2-3-10(9-16)13(17)15-12-6-4-11(14)5-7-12/h4-7,10H,2-3,8-9H2,1H3,(H,15,17). The summed E-state index contributed by atoms with van der Waals surface area (Å²) in [6, 6.07) is 6.83. The van der Waals surface area contributed by atoms with Gasteiger partial charge in [0.05, 0.1) is 12.2 Å². The zero-order valence-corrected chi connectivity index (χ0v) is 12.7. The Morgan fingerprint density at radius 3 is 2.60 bits per heavy atom. The Morgan fingerprint density at radius 1 is 1.35 bits per heavy atom. The average Bonchev–Trinajstić information content (AvgIpc) is 2.40. The number of hydrogen-bond donors (Lipinski definition) is 1. The van der Waals surface area contributed by atoms with E-state index < -0.39 is 10.0 Å². The molecular weight excluding hydrogens is 300 g/mol. The van der Waals surface area contributed by atoms with Crippen LogP contribution in [0.5, 0.6) is 0 Å². The lowest BCUT2D eigenvalue weighted by atomic mass is 9.99. The van der Waals surface area contributed by atoms with Crippen LogP contribution in [0, 0.1) is 5.92 Å². The fourth-order valence-corrected chi connectivity index (χ4v) is 3.27. The molecule has 2 rings (SSSR count). The summed E-state index contributed by atoms with van der Waals surface area (Å²) in [5.41, 5.74) is 0.663.